The maximum atomic E-state index is 13.2. The van der Waals surface area contributed by atoms with Gasteiger partial charge in [-0.2, -0.15) is 18.3 Å². The molecule has 0 unspecified atom stereocenters. The summed E-state index contributed by atoms with van der Waals surface area (Å²) in [7, 11) is 0. The molecule has 0 spiro atoms. The van der Waals surface area contributed by atoms with Crippen molar-refractivity contribution in [1.82, 2.24) is 9.78 Å². The van der Waals surface area contributed by atoms with Gasteiger partial charge in [0.2, 0.25) is 0 Å². The number of hydrogen-bond donors (Lipinski definition) is 1. The molecule has 0 aliphatic heterocycles. The van der Waals surface area contributed by atoms with E-state index in [1.54, 1.807) is 6.92 Å². The molecule has 0 saturated heterocycles. The Balaban J connectivity index is 2.50. The third kappa shape index (κ3) is 2.76. The number of rotatable bonds is 2. The fourth-order valence-electron chi connectivity index (χ4n) is 1.71. The number of nitrogens with two attached hydrogens (primary N) is 1. The van der Waals surface area contributed by atoms with Crippen molar-refractivity contribution in [3.8, 4) is 5.69 Å². The van der Waals surface area contributed by atoms with Crippen molar-refractivity contribution in [3.05, 3.63) is 47.5 Å². The van der Waals surface area contributed by atoms with E-state index < -0.39 is 23.7 Å². The van der Waals surface area contributed by atoms with Crippen LogP contribution in [-0.2, 0) is 6.18 Å². The number of hydrogen-bond acceptors (Lipinski definition) is 2. The third-order valence-electron chi connectivity index (χ3n) is 2.61. The van der Waals surface area contributed by atoms with Crippen molar-refractivity contribution >= 4 is 0 Å². The summed E-state index contributed by atoms with van der Waals surface area (Å²) in [6.45, 7) is 1.62. The van der Waals surface area contributed by atoms with Crippen LogP contribution in [0, 0.1) is 5.82 Å². The van der Waals surface area contributed by atoms with E-state index in [2.05, 4.69) is 5.10 Å². The van der Waals surface area contributed by atoms with Gasteiger partial charge in [0.05, 0.1) is 5.69 Å². The quantitative estimate of drug-likeness (QED) is 0.855. The van der Waals surface area contributed by atoms with Crippen LogP contribution in [0.5, 0.6) is 0 Å². The number of aromatic nitrogens is 2. The van der Waals surface area contributed by atoms with Crippen molar-refractivity contribution in [3.63, 3.8) is 0 Å². The van der Waals surface area contributed by atoms with Gasteiger partial charge in [0.25, 0.3) is 0 Å². The minimum Gasteiger partial charge on any atom is -0.324 e. The van der Waals surface area contributed by atoms with E-state index in [1.165, 1.54) is 18.3 Å². The molecule has 2 N–H and O–H groups in total. The van der Waals surface area contributed by atoms with Crippen molar-refractivity contribution in [2.45, 2.75) is 19.1 Å². The van der Waals surface area contributed by atoms with Gasteiger partial charge in [-0.25, -0.2) is 9.07 Å². The Hall–Kier alpha value is -1.89. The molecule has 2 rings (SSSR count). The number of benzene rings is 1. The Kier molecular flexibility index (Phi) is 3.32. The summed E-state index contributed by atoms with van der Waals surface area (Å²) in [5.41, 5.74) is 5.39. The fourth-order valence-corrected chi connectivity index (χ4v) is 1.71. The summed E-state index contributed by atoms with van der Waals surface area (Å²) in [5.74, 6) is -0.501. The smallest absolute Gasteiger partial charge is 0.324 e. The van der Waals surface area contributed by atoms with Gasteiger partial charge in [-0.05, 0) is 36.8 Å². The van der Waals surface area contributed by atoms with Crippen LogP contribution in [0.15, 0.2) is 30.5 Å². The molecule has 1 atom stereocenters. The predicted molar refractivity (Wildman–Crippen MR) is 61.1 cm³/mol. The molecular weight excluding hydrogens is 262 g/mol. The van der Waals surface area contributed by atoms with Gasteiger partial charge in [0, 0.05) is 12.2 Å². The second-order valence-electron chi connectivity index (χ2n) is 4.14. The van der Waals surface area contributed by atoms with Crippen molar-refractivity contribution in [2.24, 2.45) is 5.73 Å². The lowest BCUT2D eigenvalue weighted by molar-refractivity contribution is -0.141. The normalized spacial score (nSPS) is 13.6. The predicted octanol–water partition coefficient (Wildman–Crippen LogP) is 3.05. The molecule has 1 aromatic carbocycles. The lowest BCUT2D eigenvalue weighted by atomic mass is 10.1. The first-order valence-corrected chi connectivity index (χ1v) is 5.47. The Morgan fingerprint density at radius 2 is 1.95 bits per heavy atom. The average Bonchev–Trinajstić information content (AvgIpc) is 2.77. The van der Waals surface area contributed by atoms with Crippen molar-refractivity contribution in [2.75, 3.05) is 0 Å². The molecule has 1 heterocycles. The molecule has 102 valence electrons. The summed E-state index contributed by atoms with van der Waals surface area (Å²) in [6.07, 6.45) is -3.35. The van der Waals surface area contributed by atoms with Gasteiger partial charge in [-0.1, -0.05) is 0 Å². The van der Waals surface area contributed by atoms with E-state index in [4.69, 9.17) is 5.73 Å². The van der Waals surface area contributed by atoms with E-state index in [1.807, 2.05) is 0 Å². The first-order chi connectivity index (χ1) is 8.79. The van der Waals surface area contributed by atoms with Crippen LogP contribution >= 0.6 is 0 Å². The van der Waals surface area contributed by atoms with E-state index in [0.717, 1.165) is 16.8 Å². The Morgan fingerprint density at radius 3 is 2.47 bits per heavy atom. The van der Waals surface area contributed by atoms with E-state index in [-0.39, 0.29) is 0 Å². The minimum absolute atomic E-state index is 0.326. The zero-order chi connectivity index (χ0) is 14.2. The number of alkyl halides is 3. The summed E-state index contributed by atoms with van der Waals surface area (Å²) in [5, 5.41) is 3.44. The van der Waals surface area contributed by atoms with Crippen LogP contribution in [0.25, 0.3) is 5.69 Å². The largest absolute Gasteiger partial charge is 0.435 e. The van der Waals surface area contributed by atoms with Crippen molar-refractivity contribution < 1.29 is 17.6 Å². The summed E-state index contributed by atoms with van der Waals surface area (Å²) >= 11 is 0. The first-order valence-electron chi connectivity index (χ1n) is 5.47. The second-order valence-corrected chi connectivity index (χ2v) is 4.14. The molecule has 19 heavy (non-hydrogen) atoms. The minimum atomic E-state index is -4.51. The van der Waals surface area contributed by atoms with Crippen LogP contribution in [0.2, 0.25) is 0 Å². The monoisotopic (exact) mass is 273 g/mol. The molecule has 0 bridgehead atoms. The van der Waals surface area contributed by atoms with Crippen molar-refractivity contribution in [1.29, 1.82) is 0 Å². The second kappa shape index (κ2) is 4.65. The van der Waals surface area contributed by atoms with E-state index in [0.29, 0.717) is 11.3 Å². The molecule has 0 radical (unpaired) electrons. The molecule has 2 aromatic rings. The van der Waals surface area contributed by atoms with Crippen LogP contribution in [0.1, 0.15) is 24.2 Å². The summed E-state index contributed by atoms with van der Waals surface area (Å²) < 4.78 is 51.6. The number of halogens is 4. The Bertz CT molecular complexity index is 587. The van der Waals surface area contributed by atoms with Gasteiger partial charge in [-0.3, -0.25) is 0 Å². The molecule has 1 aromatic heterocycles. The summed E-state index contributed by atoms with van der Waals surface area (Å²) in [4.78, 5) is 0. The molecule has 7 heteroatoms. The Morgan fingerprint density at radius 1 is 1.26 bits per heavy atom. The van der Waals surface area contributed by atoms with Gasteiger partial charge in [-0.15, -0.1) is 0 Å². The van der Waals surface area contributed by atoms with Gasteiger partial charge in [0.1, 0.15) is 5.82 Å². The van der Waals surface area contributed by atoms with Crippen LogP contribution in [0.3, 0.4) is 0 Å². The highest BCUT2D eigenvalue weighted by atomic mass is 19.4. The molecule has 0 fully saturated rings. The fraction of sp³-hybridized carbons (Fsp3) is 0.250. The van der Waals surface area contributed by atoms with E-state index >= 15 is 0 Å². The SMILES string of the molecule is C[C@H](N)c1cc(F)ccc1-n1ccc(C(F)(F)F)n1. The highest BCUT2D eigenvalue weighted by molar-refractivity contribution is 5.42. The molecular formula is C12H11F4N3. The van der Waals surface area contributed by atoms with Crippen LogP contribution in [0.4, 0.5) is 17.6 Å². The maximum Gasteiger partial charge on any atom is 0.435 e. The van der Waals surface area contributed by atoms with Gasteiger partial charge in [0.15, 0.2) is 5.69 Å². The lowest BCUT2D eigenvalue weighted by Crippen LogP contribution is -2.12. The van der Waals surface area contributed by atoms with E-state index in [9.17, 15) is 17.6 Å². The van der Waals surface area contributed by atoms with Gasteiger partial charge >= 0.3 is 6.18 Å². The molecule has 0 saturated carbocycles. The molecule has 0 aliphatic carbocycles. The zero-order valence-electron chi connectivity index (χ0n) is 9.95. The molecule has 0 amide bonds. The first kappa shape index (κ1) is 13.5. The Labute approximate surface area is 106 Å². The summed E-state index contributed by atoms with van der Waals surface area (Å²) in [6, 6.07) is 4.02. The highest BCUT2D eigenvalue weighted by Crippen LogP contribution is 2.29. The average molecular weight is 273 g/mol. The van der Waals surface area contributed by atoms with Crippen LogP contribution < -0.4 is 5.73 Å². The molecule has 0 aliphatic rings. The zero-order valence-corrected chi connectivity index (χ0v) is 9.95. The van der Waals surface area contributed by atoms with Gasteiger partial charge < -0.3 is 5.73 Å². The molecule has 3 nitrogen and oxygen atoms in total. The third-order valence-corrected chi connectivity index (χ3v) is 2.61. The number of nitrogens with zero attached hydrogens (tertiary/aromatic N) is 2. The highest BCUT2D eigenvalue weighted by Gasteiger charge is 2.33. The topological polar surface area (TPSA) is 43.8 Å². The standard InChI is InChI=1S/C12H11F4N3/c1-7(17)9-6-8(13)2-3-10(9)19-5-4-11(18-19)12(14,15)16/h2-7H,17H2,1H3/t7-/m0/s1. The maximum absolute atomic E-state index is 13.2. The lowest BCUT2D eigenvalue weighted by Gasteiger charge is -2.12. The van der Waals surface area contributed by atoms with Crippen LogP contribution in [-0.4, -0.2) is 9.78 Å².